The molecule has 0 radical (unpaired) electrons. The molecule has 3 heterocycles. The number of hydrogen-bond acceptors (Lipinski definition) is 6. The number of sulfonamides is 1. The standard InChI is InChI=1S/C25H35N5O3S/c1-17-13-18(2)23(19(3)14-17)34(32,33)28-21-15-22(25(31)30-10-6-5-7-20(30)4)24(27-16-21)29-11-8-26-9-12-29/h13-16,20,26,28H,5-12H2,1-4H3. The van der Waals surface area contributed by atoms with E-state index >= 15 is 0 Å². The predicted octanol–water partition coefficient (Wildman–Crippen LogP) is 3.23. The maximum Gasteiger partial charge on any atom is 0.262 e. The van der Waals surface area contributed by atoms with Crippen molar-refractivity contribution < 1.29 is 13.2 Å². The summed E-state index contributed by atoms with van der Waals surface area (Å²) in [5, 5.41) is 3.32. The molecule has 0 aliphatic carbocycles. The minimum absolute atomic E-state index is 0.0861. The highest BCUT2D eigenvalue weighted by Gasteiger charge is 2.29. The Balaban J connectivity index is 1.71. The van der Waals surface area contributed by atoms with Gasteiger partial charge in [-0.15, -0.1) is 0 Å². The topological polar surface area (TPSA) is 94.6 Å². The number of aryl methyl sites for hydroxylation is 3. The van der Waals surface area contributed by atoms with Gasteiger partial charge >= 0.3 is 0 Å². The van der Waals surface area contributed by atoms with Crippen LogP contribution in [-0.2, 0) is 10.0 Å². The van der Waals surface area contributed by atoms with Gasteiger partial charge in [0.2, 0.25) is 0 Å². The van der Waals surface area contributed by atoms with Gasteiger partial charge in [0.05, 0.1) is 22.3 Å². The number of rotatable bonds is 5. The summed E-state index contributed by atoms with van der Waals surface area (Å²) < 4.78 is 29.3. The highest BCUT2D eigenvalue weighted by atomic mass is 32.2. The molecule has 1 unspecified atom stereocenters. The monoisotopic (exact) mass is 485 g/mol. The fourth-order valence-corrected chi connectivity index (χ4v) is 6.64. The van der Waals surface area contributed by atoms with Crippen molar-refractivity contribution in [3.05, 3.63) is 46.6 Å². The second-order valence-corrected chi connectivity index (χ2v) is 11.1. The molecule has 0 spiro atoms. The van der Waals surface area contributed by atoms with Crippen molar-refractivity contribution in [3.8, 4) is 0 Å². The molecular formula is C25H35N5O3S. The normalized spacial score (nSPS) is 19.2. The van der Waals surface area contributed by atoms with Gasteiger partial charge in [0.1, 0.15) is 5.82 Å². The molecule has 4 rings (SSSR count). The van der Waals surface area contributed by atoms with Crippen molar-refractivity contribution in [1.29, 1.82) is 0 Å². The minimum Gasteiger partial charge on any atom is -0.353 e. The molecule has 2 fully saturated rings. The fraction of sp³-hybridized carbons (Fsp3) is 0.520. The van der Waals surface area contributed by atoms with Gasteiger partial charge in [-0.2, -0.15) is 0 Å². The summed E-state index contributed by atoms with van der Waals surface area (Å²) in [5.41, 5.74) is 3.14. The number of nitrogens with one attached hydrogen (secondary N) is 2. The molecule has 2 aliphatic rings. The van der Waals surface area contributed by atoms with E-state index < -0.39 is 10.0 Å². The average Bonchev–Trinajstić information content (AvgIpc) is 2.78. The summed E-state index contributed by atoms with van der Waals surface area (Å²) >= 11 is 0. The molecule has 2 saturated heterocycles. The van der Waals surface area contributed by atoms with Gasteiger partial charge in [0.25, 0.3) is 15.9 Å². The highest BCUT2D eigenvalue weighted by Crippen LogP contribution is 2.29. The van der Waals surface area contributed by atoms with E-state index in [0.717, 1.165) is 51.0 Å². The number of nitrogens with zero attached hydrogens (tertiary/aromatic N) is 3. The minimum atomic E-state index is -3.85. The van der Waals surface area contributed by atoms with E-state index in [1.807, 2.05) is 24.0 Å². The second kappa shape index (κ2) is 9.92. The Labute approximate surface area is 202 Å². The Bertz CT molecular complexity index is 1150. The molecule has 1 amide bonds. The molecule has 2 aromatic rings. The van der Waals surface area contributed by atoms with Crippen LogP contribution in [0.2, 0.25) is 0 Å². The van der Waals surface area contributed by atoms with Gasteiger partial charge in [0, 0.05) is 38.8 Å². The van der Waals surface area contributed by atoms with Crippen LogP contribution in [0, 0.1) is 20.8 Å². The Kier molecular flexibility index (Phi) is 7.14. The van der Waals surface area contributed by atoms with Crippen molar-refractivity contribution in [2.24, 2.45) is 0 Å². The highest BCUT2D eigenvalue weighted by molar-refractivity contribution is 7.92. The number of aromatic nitrogens is 1. The first-order valence-corrected chi connectivity index (χ1v) is 13.5. The lowest BCUT2D eigenvalue weighted by Crippen LogP contribution is -2.46. The smallest absolute Gasteiger partial charge is 0.262 e. The number of carbonyl (C=O) groups is 1. The summed E-state index contributed by atoms with van der Waals surface area (Å²) in [4.78, 5) is 22.5. The molecule has 1 aromatic heterocycles. The third-order valence-corrected chi connectivity index (χ3v) is 8.39. The summed E-state index contributed by atoms with van der Waals surface area (Å²) in [7, 11) is -3.85. The van der Waals surface area contributed by atoms with Crippen LogP contribution in [-0.4, -0.2) is 63.0 Å². The molecule has 9 heteroatoms. The van der Waals surface area contributed by atoms with Gasteiger partial charge in [-0.3, -0.25) is 9.52 Å². The maximum atomic E-state index is 13.7. The number of hydrogen-bond donors (Lipinski definition) is 2. The quantitative estimate of drug-likeness (QED) is 0.675. The number of piperidine rings is 1. The van der Waals surface area contributed by atoms with E-state index in [1.165, 1.54) is 6.20 Å². The molecule has 2 N–H and O–H groups in total. The molecule has 34 heavy (non-hydrogen) atoms. The lowest BCUT2D eigenvalue weighted by atomic mass is 10.0. The Morgan fingerprint density at radius 1 is 1.06 bits per heavy atom. The number of anilines is 2. The number of pyridine rings is 1. The van der Waals surface area contributed by atoms with Gasteiger partial charge in [-0.25, -0.2) is 13.4 Å². The van der Waals surface area contributed by atoms with Crippen LogP contribution in [0.15, 0.2) is 29.3 Å². The van der Waals surface area contributed by atoms with Gasteiger partial charge in [0.15, 0.2) is 0 Å². The van der Waals surface area contributed by atoms with Crippen molar-refractivity contribution in [2.45, 2.75) is 57.9 Å². The first kappa shape index (κ1) is 24.5. The van der Waals surface area contributed by atoms with Gasteiger partial charge < -0.3 is 15.1 Å². The summed E-state index contributed by atoms with van der Waals surface area (Å²) in [6, 6.07) is 5.53. The molecule has 8 nitrogen and oxygen atoms in total. The van der Waals surface area contributed by atoms with Crippen LogP contribution >= 0.6 is 0 Å². The molecule has 0 saturated carbocycles. The number of amides is 1. The van der Waals surface area contributed by atoms with E-state index in [0.29, 0.717) is 34.7 Å². The van der Waals surface area contributed by atoms with E-state index in [2.05, 4.69) is 26.8 Å². The largest absolute Gasteiger partial charge is 0.353 e. The number of benzene rings is 1. The molecule has 1 atom stereocenters. The lowest BCUT2D eigenvalue weighted by Gasteiger charge is -2.35. The molecule has 2 aliphatic heterocycles. The summed E-state index contributed by atoms with van der Waals surface area (Å²) in [5.74, 6) is 0.534. The van der Waals surface area contributed by atoms with Crippen molar-refractivity contribution in [1.82, 2.24) is 15.2 Å². The summed E-state index contributed by atoms with van der Waals surface area (Å²) in [6.07, 6.45) is 4.58. The van der Waals surface area contributed by atoms with Crippen molar-refractivity contribution >= 4 is 27.4 Å². The Hall–Kier alpha value is -2.65. The van der Waals surface area contributed by atoms with Crippen molar-refractivity contribution in [2.75, 3.05) is 42.3 Å². The van der Waals surface area contributed by atoms with E-state index in [1.54, 1.807) is 19.9 Å². The first-order valence-electron chi connectivity index (χ1n) is 12.0. The predicted molar refractivity (Wildman–Crippen MR) is 135 cm³/mol. The summed E-state index contributed by atoms with van der Waals surface area (Å²) in [6.45, 7) is 11.4. The van der Waals surface area contributed by atoms with Crippen molar-refractivity contribution in [3.63, 3.8) is 0 Å². The fourth-order valence-electron chi connectivity index (χ4n) is 5.15. The zero-order chi connectivity index (χ0) is 24.5. The molecule has 1 aromatic carbocycles. The van der Waals surface area contributed by atoms with E-state index in [9.17, 15) is 13.2 Å². The van der Waals surface area contributed by atoms with Gasteiger partial charge in [-0.1, -0.05) is 17.7 Å². The zero-order valence-corrected chi connectivity index (χ0v) is 21.3. The van der Waals surface area contributed by atoms with Crippen LogP contribution in [0.5, 0.6) is 0 Å². The molecule has 0 bridgehead atoms. The van der Waals surface area contributed by atoms with Gasteiger partial charge in [-0.05, 0) is 64.2 Å². The van der Waals surface area contributed by atoms with Crippen LogP contribution in [0.4, 0.5) is 11.5 Å². The average molecular weight is 486 g/mol. The SMILES string of the molecule is Cc1cc(C)c(S(=O)(=O)Nc2cnc(N3CCNCC3)c(C(=O)N3CCCCC3C)c2)c(C)c1. The Morgan fingerprint density at radius 2 is 1.74 bits per heavy atom. The number of piperazine rings is 1. The van der Waals surface area contributed by atoms with Crippen LogP contribution in [0.1, 0.15) is 53.2 Å². The first-order chi connectivity index (χ1) is 16.2. The second-order valence-electron chi connectivity index (χ2n) is 9.51. The molecular weight excluding hydrogens is 450 g/mol. The lowest BCUT2D eigenvalue weighted by molar-refractivity contribution is 0.0636. The van der Waals surface area contributed by atoms with E-state index in [4.69, 9.17) is 0 Å². The molecule has 184 valence electrons. The maximum absolute atomic E-state index is 13.7. The third kappa shape index (κ3) is 5.05. The zero-order valence-electron chi connectivity index (χ0n) is 20.5. The number of likely N-dealkylation sites (tertiary alicyclic amines) is 1. The van der Waals surface area contributed by atoms with Crippen LogP contribution in [0.25, 0.3) is 0 Å². The Morgan fingerprint density at radius 3 is 2.38 bits per heavy atom. The van der Waals surface area contributed by atoms with E-state index in [-0.39, 0.29) is 16.8 Å². The van der Waals surface area contributed by atoms with Crippen LogP contribution < -0.4 is 14.9 Å². The third-order valence-electron chi connectivity index (χ3n) is 6.70. The number of carbonyl (C=O) groups excluding carboxylic acids is 1. The van der Waals surface area contributed by atoms with Crippen LogP contribution in [0.3, 0.4) is 0 Å².